The zero-order chi connectivity index (χ0) is 19.4. The van der Waals surface area contributed by atoms with E-state index in [2.05, 4.69) is 67.8 Å². The average molecular weight is 369 g/mol. The lowest BCUT2D eigenvalue weighted by atomic mass is 9.95. The van der Waals surface area contributed by atoms with E-state index in [1.807, 2.05) is 0 Å². The summed E-state index contributed by atoms with van der Waals surface area (Å²) in [7, 11) is 1.71. The minimum absolute atomic E-state index is 0.0850. The molecule has 146 valence electrons. The standard InChI is InChI=1S/C22H32N4O/c1-17-7-9-19(10-8-17)25-11-6-12-26(14-13-25)20-15-18(16-27-5)23-21(24-20)22(2,3)4/h7-10,15H,6,11-14,16H2,1-5H3. The molecule has 1 aromatic carbocycles. The number of nitrogens with zero attached hydrogens (tertiary/aromatic N) is 4. The lowest BCUT2D eigenvalue weighted by molar-refractivity contribution is 0.181. The molecule has 0 spiro atoms. The number of hydrogen-bond acceptors (Lipinski definition) is 5. The molecule has 0 unspecified atom stereocenters. The first kappa shape index (κ1) is 19.6. The third-order valence-corrected chi connectivity index (χ3v) is 4.95. The molecule has 0 N–H and O–H groups in total. The van der Waals surface area contributed by atoms with Crippen molar-refractivity contribution in [2.45, 2.75) is 46.1 Å². The smallest absolute Gasteiger partial charge is 0.136 e. The van der Waals surface area contributed by atoms with Crippen LogP contribution in [-0.4, -0.2) is 43.3 Å². The summed E-state index contributed by atoms with van der Waals surface area (Å²) in [5.41, 5.74) is 3.47. The molecule has 0 amide bonds. The van der Waals surface area contributed by atoms with Crippen LogP contribution >= 0.6 is 0 Å². The minimum atomic E-state index is -0.0850. The van der Waals surface area contributed by atoms with E-state index in [1.165, 1.54) is 11.3 Å². The van der Waals surface area contributed by atoms with Gasteiger partial charge in [-0.3, -0.25) is 0 Å². The fourth-order valence-corrected chi connectivity index (χ4v) is 3.36. The summed E-state index contributed by atoms with van der Waals surface area (Å²) in [6.07, 6.45) is 1.11. The minimum Gasteiger partial charge on any atom is -0.378 e. The highest BCUT2D eigenvalue weighted by Crippen LogP contribution is 2.24. The van der Waals surface area contributed by atoms with Gasteiger partial charge in [-0.15, -0.1) is 0 Å². The molecule has 3 rings (SSSR count). The van der Waals surface area contributed by atoms with Gasteiger partial charge in [-0.25, -0.2) is 9.97 Å². The van der Waals surface area contributed by atoms with E-state index >= 15 is 0 Å². The van der Waals surface area contributed by atoms with Crippen molar-refractivity contribution in [1.29, 1.82) is 0 Å². The molecule has 1 saturated heterocycles. The number of benzene rings is 1. The van der Waals surface area contributed by atoms with Crippen molar-refractivity contribution in [3.8, 4) is 0 Å². The Morgan fingerprint density at radius 2 is 1.63 bits per heavy atom. The Morgan fingerprint density at radius 1 is 0.963 bits per heavy atom. The molecule has 27 heavy (non-hydrogen) atoms. The van der Waals surface area contributed by atoms with Crippen molar-refractivity contribution in [3.05, 3.63) is 47.4 Å². The Kier molecular flexibility index (Phi) is 6.00. The van der Waals surface area contributed by atoms with Gasteiger partial charge in [0.2, 0.25) is 0 Å². The molecule has 1 fully saturated rings. The van der Waals surface area contributed by atoms with E-state index < -0.39 is 0 Å². The second kappa shape index (κ2) is 8.26. The number of anilines is 2. The Hall–Kier alpha value is -2.14. The normalized spacial score (nSPS) is 15.7. The number of aryl methyl sites for hydroxylation is 1. The molecule has 2 heterocycles. The van der Waals surface area contributed by atoms with Gasteiger partial charge in [-0.1, -0.05) is 38.5 Å². The number of rotatable bonds is 4. The van der Waals surface area contributed by atoms with Crippen LogP contribution in [0.3, 0.4) is 0 Å². The molecule has 1 aliphatic heterocycles. The molecule has 1 aliphatic rings. The summed E-state index contributed by atoms with van der Waals surface area (Å²) in [5.74, 6) is 1.90. The van der Waals surface area contributed by atoms with Crippen molar-refractivity contribution >= 4 is 11.5 Å². The number of ether oxygens (including phenoxy) is 1. The summed E-state index contributed by atoms with van der Waals surface area (Å²) in [6, 6.07) is 10.9. The summed E-state index contributed by atoms with van der Waals surface area (Å²) in [6.45, 7) is 13.2. The van der Waals surface area contributed by atoms with Crippen molar-refractivity contribution in [2.75, 3.05) is 43.1 Å². The second-order valence-electron chi connectivity index (χ2n) is 8.39. The fourth-order valence-electron chi connectivity index (χ4n) is 3.36. The van der Waals surface area contributed by atoms with Gasteiger partial charge in [-0.05, 0) is 25.5 Å². The van der Waals surface area contributed by atoms with Crippen LogP contribution < -0.4 is 9.80 Å². The summed E-state index contributed by atoms with van der Waals surface area (Å²) in [5, 5.41) is 0. The molecule has 5 heteroatoms. The summed E-state index contributed by atoms with van der Waals surface area (Å²) >= 11 is 0. The molecule has 0 atom stereocenters. The van der Waals surface area contributed by atoms with Gasteiger partial charge in [0.15, 0.2) is 0 Å². The highest BCUT2D eigenvalue weighted by Gasteiger charge is 2.22. The molecular formula is C22H32N4O. The average Bonchev–Trinajstić information content (AvgIpc) is 2.88. The van der Waals surface area contributed by atoms with E-state index in [9.17, 15) is 0 Å². The maximum absolute atomic E-state index is 5.33. The zero-order valence-electron chi connectivity index (χ0n) is 17.3. The largest absolute Gasteiger partial charge is 0.378 e. The van der Waals surface area contributed by atoms with Crippen LogP contribution in [0.2, 0.25) is 0 Å². The maximum Gasteiger partial charge on any atom is 0.136 e. The highest BCUT2D eigenvalue weighted by atomic mass is 16.5. The predicted molar refractivity (Wildman–Crippen MR) is 112 cm³/mol. The van der Waals surface area contributed by atoms with Gasteiger partial charge in [0.1, 0.15) is 11.6 Å². The fraction of sp³-hybridized carbons (Fsp3) is 0.545. The number of hydrogen-bond donors (Lipinski definition) is 0. The Balaban J connectivity index is 1.80. The first-order chi connectivity index (χ1) is 12.9. The number of aromatic nitrogens is 2. The van der Waals surface area contributed by atoms with Crippen LogP contribution in [0.1, 0.15) is 44.3 Å². The van der Waals surface area contributed by atoms with Gasteiger partial charge in [-0.2, -0.15) is 0 Å². The van der Waals surface area contributed by atoms with Gasteiger partial charge in [0.25, 0.3) is 0 Å². The van der Waals surface area contributed by atoms with Crippen molar-refractivity contribution < 1.29 is 4.74 Å². The van der Waals surface area contributed by atoms with E-state index in [4.69, 9.17) is 14.7 Å². The van der Waals surface area contributed by atoms with Crippen molar-refractivity contribution in [1.82, 2.24) is 9.97 Å². The molecule has 2 aromatic rings. The van der Waals surface area contributed by atoms with Crippen LogP contribution in [0.15, 0.2) is 30.3 Å². The maximum atomic E-state index is 5.33. The molecule has 1 aromatic heterocycles. The molecule has 0 bridgehead atoms. The topological polar surface area (TPSA) is 41.5 Å². The number of methoxy groups -OCH3 is 1. The van der Waals surface area contributed by atoms with E-state index in [0.29, 0.717) is 6.61 Å². The zero-order valence-corrected chi connectivity index (χ0v) is 17.3. The van der Waals surface area contributed by atoms with Crippen LogP contribution in [0.25, 0.3) is 0 Å². The quantitative estimate of drug-likeness (QED) is 0.817. The lowest BCUT2D eigenvalue weighted by Crippen LogP contribution is -2.32. The second-order valence-corrected chi connectivity index (χ2v) is 8.39. The van der Waals surface area contributed by atoms with Crippen LogP contribution in [0.5, 0.6) is 0 Å². The summed E-state index contributed by atoms with van der Waals surface area (Å²) in [4.78, 5) is 14.5. The third kappa shape index (κ3) is 4.98. The molecule has 0 aliphatic carbocycles. The van der Waals surface area contributed by atoms with Gasteiger partial charge < -0.3 is 14.5 Å². The van der Waals surface area contributed by atoms with Crippen LogP contribution in [0.4, 0.5) is 11.5 Å². The third-order valence-electron chi connectivity index (χ3n) is 4.95. The molecule has 0 radical (unpaired) electrons. The van der Waals surface area contributed by atoms with E-state index in [1.54, 1.807) is 7.11 Å². The van der Waals surface area contributed by atoms with E-state index in [-0.39, 0.29) is 5.41 Å². The SMILES string of the molecule is COCc1cc(N2CCCN(c3ccc(C)cc3)CC2)nc(C(C)(C)C)n1. The van der Waals surface area contributed by atoms with Crippen molar-refractivity contribution in [2.24, 2.45) is 0 Å². The molecular weight excluding hydrogens is 336 g/mol. The van der Waals surface area contributed by atoms with E-state index in [0.717, 1.165) is 49.9 Å². The van der Waals surface area contributed by atoms with Gasteiger partial charge in [0.05, 0.1) is 12.3 Å². The summed E-state index contributed by atoms with van der Waals surface area (Å²) < 4.78 is 5.33. The monoisotopic (exact) mass is 368 g/mol. The van der Waals surface area contributed by atoms with Gasteiger partial charge >= 0.3 is 0 Å². The Morgan fingerprint density at radius 3 is 2.30 bits per heavy atom. The molecule has 0 saturated carbocycles. The highest BCUT2D eigenvalue weighted by molar-refractivity contribution is 5.49. The molecule has 5 nitrogen and oxygen atoms in total. The lowest BCUT2D eigenvalue weighted by Gasteiger charge is -2.26. The van der Waals surface area contributed by atoms with Crippen LogP contribution in [-0.2, 0) is 16.8 Å². The first-order valence-corrected chi connectivity index (χ1v) is 9.81. The van der Waals surface area contributed by atoms with Crippen LogP contribution in [0, 0.1) is 6.92 Å². The Labute approximate surface area is 163 Å². The van der Waals surface area contributed by atoms with Crippen molar-refractivity contribution in [3.63, 3.8) is 0 Å². The first-order valence-electron chi connectivity index (χ1n) is 9.81. The predicted octanol–water partition coefficient (Wildman–Crippen LogP) is 3.95. The van der Waals surface area contributed by atoms with Gasteiger partial charge in [0, 0.05) is 50.5 Å². The Bertz CT molecular complexity index is 752.